The van der Waals surface area contributed by atoms with Crippen LogP contribution in [-0.4, -0.2) is 12.3 Å². The maximum Gasteiger partial charge on any atom is 0.252 e. The lowest BCUT2D eigenvalue weighted by atomic mass is 9.33. The highest BCUT2D eigenvalue weighted by molar-refractivity contribution is 7.00. The van der Waals surface area contributed by atoms with Gasteiger partial charge in [0.1, 0.15) is 0 Å². The van der Waals surface area contributed by atoms with E-state index in [9.17, 15) is 0 Å². The van der Waals surface area contributed by atoms with Crippen LogP contribution in [0.1, 0.15) is 183 Å². The first-order chi connectivity index (χ1) is 35.1. The SMILES string of the molecule is CC(C)(C)c1ccc(N2c3cc(N4c5ccc(C(C)(C)C)cc5C5(C)CCCCCC45C)ccc3B3c4cc(C(C)(C)C)ccc4N(c4ccc(C(C)(C)C)cc4-c4ccccc4)c4cc(C(C)(C)C)cc2c43)cc1. The molecule has 0 aromatic heterocycles. The van der Waals surface area contributed by atoms with Crippen molar-refractivity contribution >= 4 is 68.6 Å². The third-order valence-corrected chi connectivity index (χ3v) is 18.4. The van der Waals surface area contributed by atoms with E-state index in [0.29, 0.717) is 0 Å². The van der Waals surface area contributed by atoms with Crippen molar-refractivity contribution in [2.45, 2.75) is 188 Å². The molecule has 7 aromatic rings. The van der Waals surface area contributed by atoms with Crippen LogP contribution >= 0.6 is 0 Å². The molecule has 7 aromatic carbocycles. The van der Waals surface area contributed by atoms with E-state index in [1.807, 2.05) is 0 Å². The molecule has 2 atom stereocenters. The van der Waals surface area contributed by atoms with Gasteiger partial charge in [-0.05, 0) is 163 Å². The molecule has 386 valence electrons. The van der Waals surface area contributed by atoms with Gasteiger partial charge in [0, 0.05) is 50.8 Å². The largest absolute Gasteiger partial charge is 0.334 e. The Hall–Kier alpha value is -6.00. The highest BCUT2D eigenvalue weighted by Gasteiger charge is 2.57. The Kier molecular flexibility index (Phi) is 11.8. The smallest absolute Gasteiger partial charge is 0.252 e. The minimum absolute atomic E-state index is 0.000391. The molecule has 4 aliphatic rings. The zero-order chi connectivity index (χ0) is 53.6. The highest BCUT2D eigenvalue weighted by Crippen LogP contribution is 2.61. The Morgan fingerprint density at radius 2 is 0.907 bits per heavy atom. The van der Waals surface area contributed by atoms with Gasteiger partial charge in [-0.2, -0.15) is 0 Å². The maximum absolute atomic E-state index is 2.81. The normalized spacial score (nSPS) is 19.5. The molecular formula is C71H84BN3. The minimum Gasteiger partial charge on any atom is -0.334 e. The van der Waals surface area contributed by atoms with Gasteiger partial charge < -0.3 is 14.7 Å². The van der Waals surface area contributed by atoms with Crippen LogP contribution in [0.15, 0.2) is 140 Å². The van der Waals surface area contributed by atoms with Crippen molar-refractivity contribution in [3.8, 4) is 11.1 Å². The Morgan fingerprint density at radius 1 is 0.387 bits per heavy atom. The van der Waals surface area contributed by atoms with Crippen LogP contribution in [0.25, 0.3) is 11.1 Å². The Morgan fingerprint density at radius 3 is 1.52 bits per heavy atom. The molecule has 1 saturated carbocycles. The zero-order valence-electron chi connectivity index (χ0n) is 48.7. The van der Waals surface area contributed by atoms with Crippen molar-refractivity contribution in [3.63, 3.8) is 0 Å². The second-order valence-corrected chi connectivity index (χ2v) is 28.7. The third-order valence-electron chi connectivity index (χ3n) is 18.4. The first-order valence-corrected chi connectivity index (χ1v) is 28.4. The second kappa shape index (κ2) is 17.3. The molecule has 11 rings (SSSR count). The first-order valence-electron chi connectivity index (χ1n) is 28.4. The fraction of sp³-hybridized carbons (Fsp3) is 0.408. The average Bonchev–Trinajstić information content (AvgIpc) is 3.44. The van der Waals surface area contributed by atoms with Gasteiger partial charge in [0.15, 0.2) is 0 Å². The van der Waals surface area contributed by atoms with E-state index in [-0.39, 0.29) is 44.7 Å². The molecule has 2 unspecified atom stereocenters. The maximum atomic E-state index is 2.81. The number of hydrogen-bond donors (Lipinski definition) is 0. The van der Waals surface area contributed by atoms with Crippen LogP contribution in [0.2, 0.25) is 0 Å². The molecule has 0 saturated heterocycles. The first kappa shape index (κ1) is 51.1. The molecule has 0 amide bonds. The Balaban J connectivity index is 1.24. The van der Waals surface area contributed by atoms with E-state index >= 15 is 0 Å². The van der Waals surface area contributed by atoms with Crippen molar-refractivity contribution in [2.75, 3.05) is 14.7 Å². The van der Waals surface area contributed by atoms with Gasteiger partial charge in [0.05, 0.1) is 11.2 Å². The van der Waals surface area contributed by atoms with Gasteiger partial charge in [-0.3, -0.25) is 0 Å². The van der Waals surface area contributed by atoms with Crippen LogP contribution in [0.5, 0.6) is 0 Å². The lowest BCUT2D eigenvalue weighted by molar-refractivity contribution is 0.261. The van der Waals surface area contributed by atoms with E-state index in [1.54, 1.807) is 0 Å². The summed E-state index contributed by atoms with van der Waals surface area (Å²) in [5.41, 5.74) is 24.7. The molecule has 1 fully saturated rings. The summed E-state index contributed by atoms with van der Waals surface area (Å²) in [6.45, 7) is 40.6. The standard InChI is InChI=1S/C71H84BN3/c1-65(2,3)47-26-31-52(32-27-47)73-61-45-53(75-59-36-29-49(67(7,8)9)41-55(59)70(16)38-22-19-23-39-71(70,75)17)33-34-56(61)72-57-42-50(68(10,11)12)30-37-60(57)74(63-44-51(69(13,14)15)43-62(73)64(63)72)58-35-28-48(66(4,5)6)40-54(58)46-24-20-18-21-25-46/h18,20-21,24-37,40-45H,19,22-23,38-39H2,1-17H3. The monoisotopic (exact) mass is 990 g/mol. The van der Waals surface area contributed by atoms with Gasteiger partial charge in [0.2, 0.25) is 0 Å². The summed E-state index contributed by atoms with van der Waals surface area (Å²) < 4.78 is 0. The summed E-state index contributed by atoms with van der Waals surface area (Å²) in [5.74, 6) is 0. The van der Waals surface area contributed by atoms with Crippen LogP contribution in [-0.2, 0) is 32.5 Å². The lowest BCUT2D eigenvalue weighted by Gasteiger charge is -2.48. The molecule has 0 spiro atoms. The molecule has 0 radical (unpaired) electrons. The van der Waals surface area contributed by atoms with E-state index < -0.39 is 0 Å². The number of fused-ring (bicyclic) bond motifs is 7. The molecule has 0 bridgehead atoms. The van der Waals surface area contributed by atoms with Crippen molar-refractivity contribution in [3.05, 3.63) is 173 Å². The van der Waals surface area contributed by atoms with Crippen molar-refractivity contribution in [1.29, 1.82) is 0 Å². The van der Waals surface area contributed by atoms with Gasteiger partial charge in [-0.1, -0.05) is 209 Å². The summed E-state index contributed by atoms with van der Waals surface area (Å²) in [6, 6.07) is 55.7. The number of rotatable bonds is 4. The fourth-order valence-corrected chi connectivity index (χ4v) is 13.5. The summed E-state index contributed by atoms with van der Waals surface area (Å²) in [4.78, 5) is 8.14. The van der Waals surface area contributed by atoms with Crippen molar-refractivity contribution in [2.24, 2.45) is 0 Å². The topological polar surface area (TPSA) is 9.72 Å². The molecule has 4 heteroatoms. The molecule has 3 nitrogen and oxygen atoms in total. The molecule has 3 heterocycles. The lowest BCUT2D eigenvalue weighted by Crippen LogP contribution is -2.61. The van der Waals surface area contributed by atoms with E-state index in [1.165, 1.54) is 132 Å². The molecule has 1 aliphatic carbocycles. The summed E-state index contributed by atoms with van der Waals surface area (Å²) in [7, 11) is 0. The average molecular weight is 990 g/mol. The summed E-state index contributed by atoms with van der Waals surface area (Å²) in [5, 5.41) is 0. The number of benzene rings is 7. The van der Waals surface area contributed by atoms with Gasteiger partial charge in [-0.25, -0.2) is 0 Å². The zero-order valence-corrected chi connectivity index (χ0v) is 48.7. The predicted molar refractivity (Wildman–Crippen MR) is 327 cm³/mol. The van der Waals surface area contributed by atoms with Gasteiger partial charge in [-0.15, -0.1) is 0 Å². The Labute approximate surface area is 452 Å². The number of hydrogen-bond acceptors (Lipinski definition) is 3. The van der Waals surface area contributed by atoms with Crippen molar-refractivity contribution < 1.29 is 0 Å². The van der Waals surface area contributed by atoms with Crippen LogP contribution < -0.4 is 31.1 Å². The third kappa shape index (κ3) is 8.29. The number of anilines is 8. The highest BCUT2D eigenvalue weighted by atomic mass is 15.3. The van der Waals surface area contributed by atoms with Crippen LogP contribution in [0.3, 0.4) is 0 Å². The fourth-order valence-electron chi connectivity index (χ4n) is 13.5. The van der Waals surface area contributed by atoms with Gasteiger partial charge >= 0.3 is 0 Å². The quantitative estimate of drug-likeness (QED) is 0.163. The second-order valence-electron chi connectivity index (χ2n) is 28.7. The number of nitrogens with zero attached hydrogens (tertiary/aromatic N) is 3. The van der Waals surface area contributed by atoms with E-state index in [4.69, 9.17) is 0 Å². The molecule has 75 heavy (non-hydrogen) atoms. The molecule has 3 aliphatic heterocycles. The Bertz CT molecular complexity index is 3360. The van der Waals surface area contributed by atoms with E-state index in [2.05, 4.69) is 272 Å². The van der Waals surface area contributed by atoms with Gasteiger partial charge in [0.25, 0.3) is 6.71 Å². The van der Waals surface area contributed by atoms with Crippen LogP contribution in [0, 0.1) is 0 Å². The minimum atomic E-state index is -0.144. The van der Waals surface area contributed by atoms with E-state index in [0.717, 1.165) is 6.42 Å². The summed E-state index contributed by atoms with van der Waals surface area (Å²) in [6.07, 6.45) is 6.14. The van der Waals surface area contributed by atoms with Crippen molar-refractivity contribution in [1.82, 2.24) is 0 Å². The molecular weight excluding hydrogens is 906 g/mol. The van der Waals surface area contributed by atoms with Crippen LogP contribution in [0.4, 0.5) is 45.5 Å². The summed E-state index contributed by atoms with van der Waals surface area (Å²) >= 11 is 0. The predicted octanol–water partition coefficient (Wildman–Crippen LogP) is 18.1. The molecule has 0 N–H and O–H groups in total.